The molecule has 1 N–H and O–H groups in total. The molecule has 1 aliphatic carbocycles. The van der Waals surface area contributed by atoms with E-state index in [1.54, 1.807) is 12.1 Å². The molecule has 1 aliphatic rings. The predicted molar refractivity (Wildman–Crippen MR) is 261 cm³/mol. The predicted octanol–water partition coefficient (Wildman–Crippen LogP) is 12.3. The topological polar surface area (TPSA) is 126 Å². The molecule has 12 heteroatoms. The zero-order chi connectivity index (χ0) is 45.9. The molecule has 0 spiro atoms. The first-order chi connectivity index (χ1) is 31.3. The lowest BCUT2D eigenvalue weighted by molar-refractivity contribution is -0.0900. The van der Waals surface area contributed by atoms with E-state index < -0.39 is 23.7 Å². The Morgan fingerprint density at radius 2 is 1.39 bits per heavy atom. The number of benzene rings is 5. The number of amidine groups is 1. The van der Waals surface area contributed by atoms with Crippen LogP contribution >= 0.6 is 9.24 Å². The van der Waals surface area contributed by atoms with E-state index in [0.717, 1.165) is 71.9 Å². The number of aliphatic imine (C=N–C) groups is 1. The zero-order valence-electron chi connectivity index (χ0n) is 38.0. The van der Waals surface area contributed by atoms with Gasteiger partial charge in [-0.25, -0.2) is 14.6 Å². The number of imidazole rings is 1. The summed E-state index contributed by atoms with van der Waals surface area (Å²) in [5, 5.41) is 3.25. The molecule has 1 fully saturated rings. The molecule has 64 heavy (non-hydrogen) atoms. The number of ether oxygens (including phenoxy) is 4. The number of nitrogens with one attached hydrogen (secondary N) is 1. The van der Waals surface area contributed by atoms with Gasteiger partial charge in [0.1, 0.15) is 11.4 Å². The second-order valence-corrected chi connectivity index (χ2v) is 15.5. The number of esters is 1. The summed E-state index contributed by atoms with van der Waals surface area (Å²) in [5.41, 5.74) is 10.1. The highest BCUT2D eigenvalue weighted by molar-refractivity contribution is 7.19. The SMILES string of the molecule is C=NN/C(=N/C(P)(c1ccccc1)c1ccccc1)c1ccccc1-c1ccc(Cn2c(OCC)nc3cccc(C(=O)OC(C)OC(=O)OC4CCCCCC4)c32)cc1.CC.CC. The third-order valence-corrected chi connectivity index (χ3v) is 11.3. The van der Waals surface area contributed by atoms with Crippen molar-refractivity contribution in [1.82, 2.24) is 15.0 Å². The summed E-state index contributed by atoms with van der Waals surface area (Å²) in [7, 11) is 2.95. The van der Waals surface area contributed by atoms with E-state index >= 15 is 0 Å². The molecule has 1 saturated carbocycles. The van der Waals surface area contributed by atoms with E-state index in [0.29, 0.717) is 36.0 Å². The number of hydrazone groups is 1. The van der Waals surface area contributed by atoms with Gasteiger partial charge in [-0.1, -0.05) is 165 Å². The van der Waals surface area contributed by atoms with Crippen LogP contribution in [0, 0.1) is 0 Å². The molecule has 5 aromatic carbocycles. The smallest absolute Gasteiger partial charge is 0.465 e. The van der Waals surface area contributed by atoms with Gasteiger partial charge in [-0.15, -0.1) is 0 Å². The molecule has 0 bridgehead atoms. The number of rotatable bonds is 14. The number of nitrogens with zero attached hydrogens (tertiary/aromatic N) is 4. The van der Waals surface area contributed by atoms with Crippen LogP contribution in [-0.4, -0.2) is 53.2 Å². The van der Waals surface area contributed by atoms with Gasteiger partial charge >= 0.3 is 12.1 Å². The van der Waals surface area contributed by atoms with Gasteiger partial charge in [0.2, 0.25) is 6.29 Å². The molecular formula is C52H62N5O6P. The minimum atomic E-state index is -1.17. The van der Waals surface area contributed by atoms with Crippen LogP contribution in [0.25, 0.3) is 22.2 Å². The monoisotopic (exact) mass is 883 g/mol. The maximum atomic E-state index is 13.7. The van der Waals surface area contributed by atoms with Gasteiger partial charge in [0.25, 0.3) is 6.01 Å². The normalized spacial score (nSPS) is 13.5. The molecule has 0 aliphatic heterocycles. The molecule has 0 radical (unpaired) electrons. The van der Waals surface area contributed by atoms with Crippen LogP contribution in [0.4, 0.5) is 4.79 Å². The number of aromatic nitrogens is 2. The Labute approximate surface area is 380 Å². The average molecular weight is 884 g/mol. The Morgan fingerprint density at radius 3 is 2.00 bits per heavy atom. The summed E-state index contributed by atoms with van der Waals surface area (Å²) in [5.74, 6) is -0.116. The van der Waals surface area contributed by atoms with E-state index in [4.69, 9.17) is 28.9 Å². The molecule has 2 atom stereocenters. The maximum absolute atomic E-state index is 13.7. The number of carbonyl (C=O) groups excluding carboxylic acids is 2. The number of fused-ring (bicyclic) bond motifs is 1. The van der Waals surface area contributed by atoms with E-state index in [1.807, 2.05) is 112 Å². The highest BCUT2D eigenvalue weighted by Gasteiger charge is 2.30. The first-order valence-electron chi connectivity index (χ1n) is 22.4. The number of para-hydroxylation sites is 1. The van der Waals surface area contributed by atoms with Crippen molar-refractivity contribution in [2.75, 3.05) is 6.61 Å². The molecule has 1 heterocycles. The van der Waals surface area contributed by atoms with Gasteiger partial charge in [-0.05, 0) is 72.6 Å². The summed E-state index contributed by atoms with van der Waals surface area (Å²) in [6.45, 7) is 15.8. The second-order valence-electron chi connectivity index (χ2n) is 14.6. The molecule has 7 rings (SSSR count). The highest BCUT2D eigenvalue weighted by Crippen LogP contribution is 2.41. The van der Waals surface area contributed by atoms with Crippen molar-refractivity contribution in [3.63, 3.8) is 0 Å². The Kier molecular flexibility index (Phi) is 18.7. The first kappa shape index (κ1) is 48.7. The van der Waals surface area contributed by atoms with Crippen LogP contribution < -0.4 is 10.2 Å². The number of hydrogen-bond donors (Lipinski definition) is 1. The van der Waals surface area contributed by atoms with E-state index in [-0.39, 0.29) is 11.7 Å². The summed E-state index contributed by atoms with van der Waals surface area (Å²) < 4.78 is 24.3. The second kappa shape index (κ2) is 24.5. The fourth-order valence-corrected chi connectivity index (χ4v) is 8.12. The third kappa shape index (κ3) is 12.2. The molecule has 2 unspecified atom stereocenters. The Bertz CT molecular complexity index is 2390. The highest BCUT2D eigenvalue weighted by atomic mass is 31.0. The number of hydrogen-bond acceptors (Lipinski definition) is 9. The van der Waals surface area contributed by atoms with Crippen molar-refractivity contribution >= 4 is 45.0 Å². The van der Waals surface area contributed by atoms with Crippen LogP contribution in [-0.2, 0) is 26.0 Å². The maximum Gasteiger partial charge on any atom is 0.511 e. The van der Waals surface area contributed by atoms with Crippen molar-refractivity contribution < 1.29 is 28.5 Å². The lowest BCUT2D eigenvalue weighted by Crippen LogP contribution is -2.26. The Hall–Kier alpha value is -6.32. The fraction of sp³-hybridized carbons (Fsp3) is 0.327. The molecule has 1 aromatic heterocycles. The molecule has 0 saturated heterocycles. The summed E-state index contributed by atoms with van der Waals surface area (Å²) in [6, 6.07) is 42.0. The van der Waals surface area contributed by atoms with Gasteiger partial charge in [-0.2, -0.15) is 10.1 Å². The van der Waals surface area contributed by atoms with Crippen LogP contribution in [0.3, 0.4) is 0 Å². The van der Waals surface area contributed by atoms with Crippen molar-refractivity contribution in [3.05, 3.63) is 155 Å². The summed E-state index contributed by atoms with van der Waals surface area (Å²) >= 11 is 0. The van der Waals surface area contributed by atoms with Gasteiger partial charge in [0.05, 0.1) is 29.7 Å². The molecule has 336 valence electrons. The van der Waals surface area contributed by atoms with Crippen molar-refractivity contribution in [2.24, 2.45) is 10.1 Å². The molecule has 11 nitrogen and oxygen atoms in total. The van der Waals surface area contributed by atoms with Gasteiger partial charge < -0.3 is 18.9 Å². The molecule has 6 aromatic rings. The lowest BCUT2D eigenvalue weighted by atomic mass is 9.96. The third-order valence-electron chi connectivity index (χ3n) is 10.5. The van der Waals surface area contributed by atoms with Crippen LogP contribution in [0.15, 0.2) is 137 Å². The summed E-state index contributed by atoms with van der Waals surface area (Å²) in [6.07, 6.45) is 3.68. The van der Waals surface area contributed by atoms with Gasteiger partial charge in [-0.3, -0.25) is 9.99 Å². The van der Waals surface area contributed by atoms with Crippen molar-refractivity contribution in [3.8, 4) is 17.1 Å². The lowest BCUT2D eigenvalue weighted by Gasteiger charge is -2.28. The minimum absolute atomic E-state index is 0.190. The van der Waals surface area contributed by atoms with Crippen LogP contribution in [0.1, 0.15) is 113 Å². The van der Waals surface area contributed by atoms with E-state index in [9.17, 15) is 9.59 Å². The van der Waals surface area contributed by atoms with Gasteiger partial charge in [0.15, 0.2) is 5.84 Å². The quantitative estimate of drug-likeness (QED) is 0.0218. The van der Waals surface area contributed by atoms with Crippen LogP contribution in [0.5, 0.6) is 6.01 Å². The summed E-state index contributed by atoms with van der Waals surface area (Å²) in [4.78, 5) is 36.3. The first-order valence-corrected chi connectivity index (χ1v) is 23.0. The minimum Gasteiger partial charge on any atom is -0.465 e. The zero-order valence-corrected chi connectivity index (χ0v) is 39.1. The van der Waals surface area contributed by atoms with E-state index in [2.05, 4.69) is 68.9 Å². The van der Waals surface area contributed by atoms with Crippen LogP contribution in [0.2, 0.25) is 0 Å². The molecular weight excluding hydrogens is 822 g/mol. The van der Waals surface area contributed by atoms with Gasteiger partial charge in [0, 0.05) is 19.2 Å². The fourth-order valence-electron chi connectivity index (χ4n) is 7.60. The van der Waals surface area contributed by atoms with E-state index in [1.165, 1.54) is 6.92 Å². The standard InChI is InChI=1S/C48H50N5O6P.2C2H6/c1-4-56-46-50-42-27-17-26-41(45(54)57-33(2)58-47(55)59-38-22-13-5-6-14-23-38)43(42)53(46)32-34-28-30-35(31-29-34)39-24-15-16-25-40(39)44(52-49-3)51-48(60,36-18-9-7-10-19-36)37-20-11-8-12-21-37;2*1-2/h7-12,15-21,24-31,33,38H,3-6,13-14,22-23,32,60H2,1-2H3,(H,51,52);2*1-2H3. The van der Waals surface area contributed by atoms with Crippen molar-refractivity contribution in [1.29, 1.82) is 0 Å². The Balaban J connectivity index is 0.00000187. The average Bonchev–Trinajstić information content (AvgIpc) is 3.47. The number of carbonyl (C=O) groups is 2. The van der Waals surface area contributed by atoms with Crippen molar-refractivity contribution in [2.45, 2.75) is 104 Å². The largest absolute Gasteiger partial charge is 0.511 e. The Morgan fingerprint density at radius 1 is 0.797 bits per heavy atom. The molecule has 0 amide bonds.